The molecule has 0 radical (unpaired) electrons. The van der Waals surface area contributed by atoms with Gasteiger partial charge >= 0.3 is 0 Å². The third kappa shape index (κ3) is 6.45. The van der Waals surface area contributed by atoms with Crippen molar-refractivity contribution in [1.29, 1.82) is 0 Å². The maximum atomic E-state index is 10.8. The van der Waals surface area contributed by atoms with E-state index in [1.807, 2.05) is 66.7 Å². The van der Waals surface area contributed by atoms with Crippen LogP contribution in [0.3, 0.4) is 0 Å². The van der Waals surface area contributed by atoms with Gasteiger partial charge in [-0.05, 0) is 87.7 Å². The van der Waals surface area contributed by atoms with Gasteiger partial charge in [-0.1, -0.05) is 18.2 Å². The number of nitrogens with zero attached hydrogens (tertiary/aromatic N) is 2. The topological polar surface area (TPSA) is 83.2 Å². The monoisotopic (exact) mass is 532 g/mol. The van der Waals surface area contributed by atoms with Crippen molar-refractivity contribution in [3.8, 4) is 23.0 Å². The van der Waals surface area contributed by atoms with Crippen LogP contribution in [0.5, 0.6) is 23.0 Å². The van der Waals surface area contributed by atoms with Crippen LogP contribution in [0.2, 0.25) is 0 Å². The normalized spacial score (nSPS) is 10.8. The fraction of sp³-hybridized carbons (Fsp3) is 0.0741. The van der Waals surface area contributed by atoms with Crippen LogP contribution in [0.1, 0.15) is 11.1 Å². The zero-order chi connectivity index (χ0) is 24.6. The minimum Gasteiger partial charge on any atom is -0.493 e. The molecular weight excluding hydrogens is 512 g/mol. The van der Waals surface area contributed by atoms with E-state index in [1.165, 1.54) is 12.1 Å². The molecule has 7 nitrogen and oxygen atoms in total. The molecule has 8 heteroatoms. The van der Waals surface area contributed by atoms with Crippen LogP contribution in [0, 0.1) is 10.1 Å². The minimum atomic E-state index is -0.433. The first-order valence-electron chi connectivity index (χ1n) is 10.6. The Morgan fingerprint density at radius 1 is 0.943 bits per heavy atom. The molecule has 0 fully saturated rings. The number of methoxy groups -OCH3 is 1. The van der Waals surface area contributed by atoms with E-state index in [-0.39, 0.29) is 12.3 Å². The van der Waals surface area contributed by atoms with Gasteiger partial charge in [0.15, 0.2) is 11.5 Å². The number of para-hydroxylation sites is 1. The van der Waals surface area contributed by atoms with Gasteiger partial charge in [-0.25, -0.2) is 0 Å². The van der Waals surface area contributed by atoms with Gasteiger partial charge in [-0.15, -0.1) is 0 Å². The molecule has 0 N–H and O–H groups in total. The van der Waals surface area contributed by atoms with E-state index in [0.29, 0.717) is 16.0 Å². The van der Waals surface area contributed by atoms with Gasteiger partial charge in [-0.2, -0.15) is 0 Å². The predicted molar refractivity (Wildman–Crippen MR) is 138 cm³/mol. The fourth-order valence-corrected chi connectivity index (χ4v) is 3.77. The molecule has 0 unspecified atom stereocenters. The van der Waals surface area contributed by atoms with Gasteiger partial charge in [0.1, 0.15) is 18.1 Å². The van der Waals surface area contributed by atoms with E-state index in [0.717, 1.165) is 28.3 Å². The van der Waals surface area contributed by atoms with Crippen LogP contribution in [-0.4, -0.2) is 18.2 Å². The smallest absolute Gasteiger partial charge is 0.269 e. The summed E-state index contributed by atoms with van der Waals surface area (Å²) >= 11 is 3.54. The molecule has 35 heavy (non-hydrogen) atoms. The first kappa shape index (κ1) is 24.0. The first-order valence-corrected chi connectivity index (χ1v) is 11.4. The van der Waals surface area contributed by atoms with Gasteiger partial charge in [0.2, 0.25) is 0 Å². The Morgan fingerprint density at radius 2 is 1.63 bits per heavy atom. The molecular formula is C27H21BrN2O5. The molecule has 0 bridgehead atoms. The molecule has 0 aliphatic rings. The highest BCUT2D eigenvalue weighted by atomic mass is 79.9. The Balaban J connectivity index is 1.43. The second-order valence-corrected chi connectivity index (χ2v) is 8.27. The molecule has 4 aromatic carbocycles. The van der Waals surface area contributed by atoms with Crippen molar-refractivity contribution < 1.29 is 19.1 Å². The lowest BCUT2D eigenvalue weighted by molar-refractivity contribution is -0.384. The lowest BCUT2D eigenvalue weighted by atomic mass is 10.2. The molecule has 0 heterocycles. The van der Waals surface area contributed by atoms with Crippen molar-refractivity contribution >= 4 is 33.5 Å². The number of rotatable bonds is 9. The summed E-state index contributed by atoms with van der Waals surface area (Å²) in [6.07, 6.45) is 1.74. The van der Waals surface area contributed by atoms with E-state index in [1.54, 1.807) is 25.5 Å². The maximum Gasteiger partial charge on any atom is 0.269 e. The molecule has 0 saturated heterocycles. The average molecular weight is 533 g/mol. The molecule has 0 aliphatic carbocycles. The highest BCUT2D eigenvalue weighted by Crippen LogP contribution is 2.37. The van der Waals surface area contributed by atoms with Gasteiger partial charge in [0.25, 0.3) is 5.69 Å². The Hall–Kier alpha value is -4.17. The van der Waals surface area contributed by atoms with E-state index in [4.69, 9.17) is 14.2 Å². The lowest BCUT2D eigenvalue weighted by Gasteiger charge is -2.13. The number of hydrogen-bond acceptors (Lipinski definition) is 6. The lowest BCUT2D eigenvalue weighted by Crippen LogP contribution is -2.00. The van der Waals surface area contributed by atoms with Crippen molar-refractivity contribution in [2.45, 2.75) is 6.61 Å². The van der Waals surface area contributed by atoms with Crippen molar-refractivity contribution in [3.63, 3.8) is 0 Å². The van der Waals surface area contributed by atoms with Gasteiger partial charge in [0.05, 0.1) is 22.2 Å². The summed E-state index contributed by atoms with van der Waals surface area (Å²) in [7, 11) is 1.56. The quantitative estimate of drug-likeness (QED) is 0.127. The highest BCUT2D eigenvalue weighted by Gasteiger charge is 2.12. The summed E-state index contributed by atoms with van der Waals surface area (Å²) in [5.74, 6) is 2.57. The number of nitro groups is 1. The van der Waals surface area contributed by atoms with Crippen LogP contribution in [0.4, 0.5) is 11.4 Å². The molecule has 0 saturated carbocycles. The molecule has 0 spiro atoms. The third-order valence-electron chi connectivity index (χ3n) is 4.96. The molecule has 0 amide bonds. The maximum absolute atomic E-state index is 10.8. The van der Waals surface area contributed by atoms with Crippen molar-refractivity contribution in [1.82, 2.24) is 0 Å². The SMILES string of the molecule is COc1cc(C=Nc2ccc(Oc3ccccc3)cc2)cc(Br)c1OCc1ccc([N+](=O)[O-])cc1. The standard InChI is InChI=1S/C27H21BrN2O5/c1-33-26-16-20(15-25(28)27(26)34-18-19-7-11-22(12-8-19)30(31)32)17-29-21-9-13-24(14-10-21)35-23-5-3-2-4-6-23/h2-17H,18H2,1H3. The van der Waals surface area contributed by atoms with E-state index in [2.05, 4.69) is 20.9 Å². The Morgan fingerprint density at radius 3 is 2.29 bits per heavy atom. The summed E-state index contributed by atoms with van der Waals surface area (Å²) in [5.41, 5.74) is 2.43. The second kappa shape index (κ2) is 11.3. The summed E-state index contributed by atoms with van der Waals surface area (Å²) in [6.45, 7) is 0.234. The number of benzene rings is 4. The van der Waals surface area contributed by atoms with Crippen LogP contribution in [-0.2, 0) is 6.61 Å². The molecule has 4 aromatic rings. The number of non-ortho nitro benzene ring substituents is 1. The van der Waals surface area contributed by atoms with Crippen molar-refractivity contribution in [3.05, 3.63) is 117 Å². The zero-order valence-corrected chi connectivity index (χ0v) is 20.3. The minimum absolute atomic E-state index is 0.0366. The van der Waals surface area contributed by atoms with Gasteiger partial charge in [-0.3, -0.25) is 15.1 Å². The number of nitro benzene ring substituents is 1. The summed E-state index contributed by atoms with van der Waals surface area (Å²) in [5, 5.41) is 10.8. The fourth-order valence-electron chi connectivity index (χ4n) is 3.20. The Bertz CT molecular complexity index is 1320. The molecule has 0 atom stereocenters. The number of halogens is 1. The summed E-state index contributed by atoms with van der Waals surface area (Å²) < 4.78 is 17.9. The van der Waals surface area contributed by atoms with Crippen molar-refractivity contribution in [2.75, 3.05) is 7.11 Å². The second-order valence-electron chi connectivity index (χ2n) is 7.41. The van der Waals surface area contributed by atoms with E-state index < -0.39 is 4.92 Å². The number of aliphatic imine (C=N–C) groups is 1. The van der Waals surface area contributed by atoms with Crippen LogP contribution in [0.25, 0.3) is 0 Å². The van der Waals surface area contributed by atoms with Crippen LogP contribution < -0.4 is 14.2 Å². The highest BCUT2D eigenvalue weighted by molar-refractivity contribution is 9.10. The molecule has 0 aromatic heterocycles. The number of hydrogen-bond donors (Lipinski definition) is 0. The van der Waals surface area contributed by atoms with Gasteiger partial charge in [0, 0.05) is 18.3 Å². The van der Waals surface area contributed by atoms with E-state index >= 15 is 0 Å². The van der Waals surface area contributed by atoms with E-state index in [9.17, 15) is 10.1 Å². The zero-order valence-electron chi connectivity index (χ0n) is 18.8. The molecule has 176 valence electrons. The molecule has 4 rings (SSSR count). The Kier molecular flexibility index (Phi) is 7.74. The summed E-state index contributed by atoms with van der Waals surface area (Å²) in [4.78, 5) is 14.9. The van der Waals surface area contributed by atoms with Crippen molar-refractivity contribution in [2.24, 2.45) is 4.99 Å². The average Bonchev–Trinajstić information content (AvgIpc) is 2.88. The van der Waals surface area contributed by atoms with Gasteiger partial charge < -0.3 is 14.2 Å². The Labute approximate surface area is 210 Å². The first-order chi connectivity index (χ1) is 17.0. The summed E-state index contributed by atoms with van der Waals surface area (Å²) in [6, 6.07) is 27.0. The largest absolute Gasteiger partial charge is 0.493 e. The van der Waals surface area contributed by atoms with Crippen LogP contribution >= 0.6 is 15.9 Å². The van der Waals surface area contributed by atoms with Crippen LogP contribution in [0.15, 0.2) is 100 Å². The molecule has 0 aliphatic heterocycles. The predicted octanol–water partition coefficient (Wildman–Crippen LogP) is 7.49. The number of ether oxygens (including phenoxy) is 3. The third-order valence-corrected chi connectivity index (χ3v) is 5.55.